The van der Waals surface area contributed by atoms with Gasteiger partial charge in [0.2, 0.25) is 5.16 Å². The molecule has 0 unspecified atom stereocenters. The van der Waals surface area contributed by atoms with E-state index >= 15 is 0 Å². The molecule has 1 N–H and O–H groups in total. The van der Waals surface area contributed by atoms with E-state index in [-0.39, 0.29) is 0 Å². The highest BCUT2D eigenvalue weighted by Crippen LogP contribution is 2.23. The lowest BCUT2D eigenvalue weighted by atomic mass is 10.2. The zero-order chi connectivity index (χ0) is 22.2. The van der Waals surface area contributed by atoms with Gasteiger partial charge in [0, 0.05) is 34.5 Å². The maximum atomic E-state index is 6.19. The first-order valence-electron chi connectivity index (χ1n) is 10.0. The van der Waals surface area contributed by atoms with E-state index < -0.39 is 0 Å². The van der Waals surface area contributed by atoms with Gasteiger partial charge in [-0.3, -0.25) is 0 Å². The zero-order valence-corrected chi connectivity index (χ0v) is 19.4. The molecule has 4 rings (SSSR count). The maximum absolute atomic E-state index is 6.19. The monoisotopic (exact) mass is 485 g/mol. The van der Waals surface area contributed by atoms with Crippen LogP contribution in [-0.2, 0) is 13.2 Å². The number of aromatic nitrogens is 4. The molecule has 0 fully saturated rings. The van der Waals surface area contributed by atoms with Gasteiger partial charge in [0.1, 0.15) is 12.4 Å². The van der Waals surface area contributed by atoms with Crippen LogP contribution in [-0.4, -0.2) is 32.5 Å². The minimum atomic E-state index is 0.396. The predicted octanol–water partition coefficient (Wildman–Crippen LogP) is 5.43. The SMILES string of the molecule is Clc1ccc(COc2ccc(CNCCSc3nnnn3-c3ccccc3)cc2)c(Cl)c1. The van der Waals surface area contributed by atoms with Crippen molar-refractivity contribution in [1.29, 1.82) is 0 Å². The van der Waals surface area contributed by atoms with Gasteiger partial charge in [-0.1, -0.05) is 71.4 Å². The van der Waals surface area contributed by atoms with Gasteiger partial charge in [-0.25, -0.2) is 0 Å². The number of hydrogen-bond donors (Lipinski definition) is 1. The number of thioether (sulfide) groups is 1. The molecule has 9 heteroatoms. The van der Waals surface area contributed by atoms with Crippen LogP contribution in [0.5, 0.6) is 5.75 Å². The molecule has 0 radical (unpaired) electrons. The summed E-state index contributed by atoms with van der Waals surface area (Å²) in [4.78, 5) is 0. The van der Waals surface area contributed by atoms with E-state index in [4.69, 9.17) is 27.9 Å². The molecule has 0 saturated heterocycles. The van der Waals surface area contributed by atoms with Gasteiger partial charge in [0.05, 0.1) is 5.69 Å². The predicted molar refractivity (Wildman–Crippen MR) is 129 cm³/mol. The molecule has 3 aromatic carbocycles. The Bertz CT molecular complexity index is 1140. The summed E-state index contributed by atoms with van der Waals surface area (Å²) in [5.41, 5.74) is 3.03. The summed E-state index contributed by atoms with van der Waals surface area (Å²) in [6.07, 6.45) is 0. The van der Waals surface area contributed by atoms with Gasteiger partial charge in [-0.2, -0.15) is 4.68 Å². The third kappa shape index (κ3) is 6.23. The van der Waals surface area contributed by atoms with E-state index in [2.05, 4.69) is 33.0 Å². The second-order valence-corrected chi connectivity index (χ2v) is 8.81. The fourth-order valence-electron chi connectivity index (χ4n) is 2.95. The third-order valence-electron chi connectivity index (χ3n) is 4.61. The Morgan fingerprint density at radius 2 is 1.78 bits per heavy atom. The molecule has 32 heavy (non-hydrogen) atoms. The fraction of sp³-hybridized carbons (Fsp3) is 0.174. The molecule has 164 valence electrons. The van der Waals surface area contributed by atoms with Crippen LogP contribution in [0.15, 0.2) is 78.0 Å². The number of hydrogen-bond acceptors (Lipinski definition) is 6. The van der Waals surface area contributed by atoms with E-state index in [1.165, 1.54) is 5.56 Å². The largest absolute Gasteiger partial charge is 0.489 e. The van der Waals surface area contributed by atoms with Crippen molar-refractivity contribution in [2.24, 2.45) is 0 Å². The zero-order valence-electron chi connectivity index (χ0n) is 17.1. The van der Waals surface area contributed by atoms with Crippen molar-refractivity contribution in [2.45, 2.75) is 18.3 Å². The molecular weight excluding hydrogens is 465 g/mol. The second kappa shape index (κ2) is 11.3. The second-order valence-electron chi connectivity index (χ2n) is 6.90. The lowest BCUT2D eigenvalue weighted by Gasteiger charge is -2.09. The van der Waals surface area contributed by atoms with Crippen molar-refractivity contribution in [3.05, 3.63) is 94.0 Å². The number of nitrogens with zero attached hydrogens (tertiary/aromatic N) is 4. The van der Waals surface area contributed by atoms with Crippen molar-refractivity contribution in [2.75, 3.05) is 12.3 Å². The highest BCUT2D eigenvalue weighted by molar-refractivity contribution is 7.99. The van der Waals surface area contributed by atoms with E-state index in [9.17, 15) is 0 Å². The molecule has 0 amide bonds. The quantitative estimate of drug-likeness (QED) is 0.238. The van der Waals surface area contributed by atoms with Gasteiger partial charge in [-0.05, 0) is 52.4 Å². The number of halogens is 2. The molecule has 0 aliphatic carbocycles. The first-order chi connectivity index (χ1) is 15.7. The number of benzene rings is 3. The number of para-hydroxylation sites is 1. The first kappa shape index (κ1) is 22.6. The van der Waals surface area contributed by atoms with Crippen LogP contribution in [0.2, 0.25) is 10.0 Å². The molecule has 0 atom stereocenters. The highest BCUT2D eigenvalue weighted by Gasteiger charge is 2.08. The summed E-state index contributed by atoms with van der Waals surface area (Å²) in [6.45, 7) is 2.00. The lowest BCUT2D eigenvalue weighted by Crippen LogP contribution is -2.16. The maximum Gasteiger partial charge on any atom is 0.214 e. The van der Waals surface area contributed by atoms with E-state index in [0.29, 0.717) is 16.7 Å². The summed E-state index contributed by atoms with van der Waals surface area (Å²) in [5.74, 6) is 1.65. The summed E-state index contributed by atoms with van der Waals surface area (Å²) >= 11 is 13.7. The molecule has 0 aliphatic rings. The number of ether oxygens (including phenoxy) is 1. The van der Waals surface area contributed by atoms with Crippen LogP contribution in [0.25, 0.3) is 5.69 Å². The molecule has 0 spiro atoms. The smallest absolute Gasteiger partial charge is 0.214 e. The Labute approximate surface area is 200 Å². The molecule has 0 bridgehead atoms. The Morgan fingerprint density at radius 3 is 2.56 bits per heavy atom. The number of rotatable bonds is 10. The van der Waals surface area contributed by atoms with Crippen molar-refractivity contribution >= 4 is 35.0 Å². The van der Waals surface area contributed by atoms with Crippen LogP contribution in [0.3, 0.4) is 0 Å². The van der Waals surface area contributed by atoms with Gasteiger partial charge in [0.25, 0.3) is 0 Å². The van der Waals surface area contributed by atoms with Crippen LogP contribution >= 0.6 is 35.0 Å². The van der Waals surface area contributed by atoms with Crippen LogP contribution in [0.1, 0.15) is 11.1 Å². The molecule has 1 aromatic heterocycles. The molecule has 6 nitrogen and oxygen atoms in total. The summed E-state index contributed by atoms with van der Waals surface area (Å²) in [5, 5.41) is 17.4. The Morgan fingerprint density at radius 1 is 0.969 bits per heavy atom. The average Bonchev–Trinajstić information content (AvgIpc) is 3.28. The fourth-order valence-corrected chi connectivity index (χ4v) is 4.20. The van der Waals surface area contributed by atoms with Crippen LogP contribution in [0.4, 0.5) is 0 Å². The van der Waals surface area contributed by atoms with Gasteiger partial charge < -0.3 is 10.1 Å². The molecule has 1 heterocycles. The Balaban J connectivity index is 1.19. The lowest BCUT2D eigenvalue weighted by molar-refractivity contribution is 0.306. The summed E-state index contributed by atoms with van der Waals surface area (Å²) in [7, 11) is 0. The minimum absolute atomic E-state index is 0.396. The standard InChI is InChI=1S/C23H21Cl2N5OS/c24-19-9-8-18(22(25)14-19)16-31-21-10-6-17(7-11-21)15-26-12-13-32-23-27-28-29-30(23)20-4-2-1-3-5-20/h1-11,14,26H,12-13,15-16H2. The summed E-state index contributed by atoms with van der Waals surface area (Å²) < 4.78 is 7.58. The molecular formula is C23H21Cl2N5OS. The normalized spacial score (nSPS) is 10.9. The molecule has 0 saturated carbocycles. The first-order valence-corrected chi connectivity index (χ1v) is 11.8. The molecule has 4 aromatic rings. The number of tetrazole rings is 1. The van der Waals surface area contributed by atoms with Crippen molar-refractivity contribution in [3.8, 4) is 11.4 Å². The third-order valence-corrected chi connectivity index (χ3v) is 6.12. The average molecular weight is 486 g/mol. The Kier molecular flexibility index (Phi) is 8.01. The van der Waals surface area contributed by atoms with Crippen LogP contribution < -0.4 is 10.1 Å². The van der Waals surface area contributed by atoms with Crippen LogP contribution in [0, 0.1) is 0 Å². The van der Waals surface area contributed by atoms with Gasteiger partial charge >= 0.3 is 0 Å². The van der Waals surface area contributed by atoms with E-state index in [0.717, 1.165) is 41.0 Å². The number of nitrogens with one attached hydrogen (secondary N) is 1. The van der Waals surface area contributed by atoms with Gasteiger partial charge in [-0.15, -0.1) is 5.10 Å². The van der Waals surface area contributed by atoms with Gasteiger partial charge in [0.15, 0.2) is 0 Å². The minimum Gasteiger partial charge on any atom is -0.489 e. The van der Waals surface area contributed by atoms with E-state index in [1.807, 2.05) is 48.5 Å². The van der Waals surface area contributed by atoms with Crippen molar-refractivity contribution in [1.82, 2.24) is 25.5 Å². The van der Waals surface area contributed by atoms with Crippen molar-refractivity contribution < 1.29 is 4.74 Å². The summed E-state index contributed by atoms with van der Waals surface area (Å²) in [6, 6.07) is 23.3. The topological polar surface area (TPSA) is 64.9 Å². The molecule has 0 aliphatic heterocycles. The highest BCUT2D eigenvalue weighted by atomic mass is 35.5. The van der Waals surface area contributed by atoms with E-state index in [1.54, 1.807) is 28.6 Å². The van der Waals surface area contributed by atoms with Crippen molar-refractivity contribution in [3.63, 3.8) is 0 Å². The Hall–Kier alpha value is -2.58.